The van der Waals surface area contributed by atoms with Gasteiger partial charge in [0.05, 0.1) is 24.2 Å². The predicted octanol–water partition coefficient (Wildman–Crippen LogP) is 1.88. The molecule has 2 amide bonds. The van der Waals surface area contributed by atoms with Crippen molar-refractivity contribution >= 4 is 23.2 Å². The minimum absolute atomic E-state index is 0.141. The van der Waals surface area contributed by atoms with E-state index in [1.807, 2.05) is 19.1 Å². The lowest BCUT2D eigenvalue weighted by molar-refractivity contribution is -0.125. The van der Waals surface area contributed by atoms with E-state index >= 15 is 0 Å². The SMILES string of the molecule is COCCNC(=O)[C@@H]1C[C@H](Oc2cccnc2)CN1C(=O)c1ccc(C)s1. The molecule has 0 unspecified atom stereocenters. The summed E-state index contributed by atoms with van der Waals surface area (Å²) in [5.41, 5.74) is 0. The molecular formula is C19H23N3O4S. The molecule has 2 aromatic rings. The molecule has 1 saturated heterocycles. The molecule has 1 aliphatic rings. The third-order valence-electron chi connectivity index (χ3n) is 4.32. The second kappa shape index (κ2) is 8.96. The molecule has 0 saturated carbocycles. The number of thiophene rings is 1. The van der Waals surface area contributed by atoms with Crippen LogP contribution in [0.15, 0.2) is 36.7 Å². The first-order chi connectivity index (χ1) is 13.1. The van der Waals surface area contributed by atoms with Gasteiger partial charge in [-0.1, -0.05) is 0 Å². The normalized spacial score (nSPS) is 19.1. The Morgan fingerprint density at radius 3 is 2.89 bits per heavy atom. The number of hydrogen-bond donors (Lipinski definition) is 1. The quantitative estimate of drug-likeness (QED) is 0.732. The molecule has 144 valence electrons. The van der Waals surface area contributed by atoms with Crippen molar-refractivity contribution in [2.75, 3.05) is 26.8 Å². The summed E-state index contributed by atoms with van der Waals surface area (Å²) in [5, 5.41) is 2.83. The van der Waals surface area contributed by atoms with Gasteiger partial charge in [-0.15, -0.1) is 11.3 Å². The smallest absolute Gasteiger partial charge is 0.264 e. The highest BCUT2D eigenvalue weighted by molar-refractivity contribution is 7.13. The van der Waals surface area contributed by atoms with E-state index in [1.165, 1.54) is 11.3 Å². The first-order valence-electron chi connectivity index (χ1n) is 8.79. The standard InChI is InChI=1S/C19H23N3O4S/c1-13-5-6-17(27-13)19(24)22-12-15(26-14-4-3-7-20-11-14)10-16(22)18(23)21-8-9-25-2/h3-7,11,15-16H,8-10,12H2,1-2H3,(H,21,23)/t15-,16-/m0/s1. The zero-order valence-corrected chi connectivity index (χ0v) is 16.2. The number of amides is 2. The van der Waals surface area contributed by atoms with Crippen LogP contribution in [0.3, 0.4) is 0 Å². The van der Waals surface area contributed by atoms with Gasteiger partial charge in [-0.25, -0.2) is 0 Å². The van der Waals surface area contributed by atoms with Gasteiger partial charge >= 0.3 is 0 Å². The number of nitrogens with zero attached hydrogens (tertiary/aromatic N) is 2. The highest BCUT2D eigenvalue weighted by Gasteiger charge is 2.41. The van der Waals surface area contributed by atoms with Gasteiger partial charge in [0.1, 0.15) is 17.9 Å². The van der Waals surface area contributed by atoms with Crippen LogP contribution in [0.2, 0.25) is 0 Å². The number of ether oxygens (including phenoxy) is 2. The topological polar surface area (TPSA) is 80.8 Å². The molecule has 0 aliphatic carbocycles. The molecule has 0 radical (unpaired) electrons. The van der Waals surface area contributed by atoms with Crippen LogP contribution in [0, 0.1) is 6.92 Å². The van der Waals surface area contributed by atoms with E-state index in [2.05, 4.69) is 10.3 Å². The summed E-state index contributed by atoms with van der Waals surface area (Å²) >= 11 is 1.43. The van der Waals surface area contributed by atoms with E-state index in [0.29, 0.717) is 36.7 Å². The fraction of sp³-hybridized carbons (Fsp3) is 0.421. The monoisotopic (exact) mass is 389 g/mol. The maximum absolute atomic E-state index is 13.0. The number of likely N-dealkylation sites (tertiary alicyclic amines) is 1. The molecule has 1 fully saturated rings. The van der Waals surface area contributed by atoms with Crippen molar-refractivity contribution in [3.8, 4) is 5.75 Å². The molecule has 2 atom stereocenters. The zero-order chi connectivity index (χ0) is 19.2. The number of hydrogen-bond acceptors (Lipinski definition) is 6. The molecule has 0 spiro atoms. The van der Waals surface area contributed by atoms with Crippen molar-refractivity contribution in [2.45, 2.75) is 25.5 Å². The Morgan fingerprint density at radius 2 is 2.22 bits per heavy atom. The second-order valence-electron chi connectivity index (χ2n) is 6.33. The van der Waals surface area contributed by atoms with Gasteiger partial charge in [0.2, 0.25) is 5.91 Å². The number of rotatable bonds is 7. The Labute approximate surface area is 162 Å². The third-order valence-corrected chi connectivity index (χ3v) is 5.31. The minimum Gasteiger partial charge on any atom is -0.487 e. The third kappa shape index (κ3) is 4.84. The number of aryl methyl sites for hydroxylation is 1. The van der Waals surface area contributed by atoms with E-state index in [-0.39, 0.29) is 17.9 Å². The summed E-state index contributed by atoms with van der Waals surface area (Å²) in [6.45, 7) is 3.13. The van der Waals surface area contributed by atoms with Gasteiger partial charge in [-0.05, 0) is 31.2 Å². The summed E-state index contributed by atoms with van der Waals surface area (Å²) in [5.74, 6) is 0.297. The lowest BCUT2D eigenvalue weighted by Crippen LogP contribution is -2.46. The fourth-order valence-corrected chi connectivity index (χ4v) is 3.87. The second-order valence-corrected chi connectivity index (χ2v) is 7.62. The van der Waals surface area contributed by atoms with E-state index in [9.17, 15) is 9.59 Å². The number of aromatic nitrogens is 1. The van der Waals surface area contributed by atoms with Gasteiger partial charge in [0.15, 0.2) is 0 Å². The van der Waals surface area contributed by atoms with Crippen LogP contribution in [0.1, 0.15) is 21.0 Å². The van der Waals surface area contributed by atoms with Crippen molar-refractivity contribution in [1.29, 1.82) is 0 Å². The van der Waals surface area contributed by atoms with Crippen LogP contribution >= 0.6 is 11.3 Å². The van der Waals surface area contributed by atoms with Crippen molar-refractivity contribution in [2.24, 2.45) is 0 Å². The molecule has 7 nitrogen and oxygen atoms in total. The maximum Gasteiger partial charge on any atom is 0.264 e. The summed E-state index contributed by atoms with van der Waals surface area (Å²) in [6.07, 6.45) is 3.46. The number of nitrogens with one attached hydrogen (secondary N) is 1. The summed E-state index contributed by atoms with van der Waals surface area (Å²) in [4.78, 5) is 32.9. The van der Waals surface area contributed by atoms with E-state index in [0.717, 1.165) is 4.88 Å². The van der Waals surface area contributed by atoms with Crippen molar-refractivity contribution in [3.63, 3.8) is 0 Å². The molecule has 2 aromatic heterocycles. The Hall–Kier alpha value is -2.45. The lowest BCUT2D eigenvalue weighted by atomic mass is 10.2. The number of methoxy groups -OCH3 is 1. The van der Waals surface area contributed by atoms with E-state index in [1.54, 1.807) is 36.5 Å². The van der Waals surface area contributed by atoms with Crippen LogP contribution in [0.4, 0.5) is 0 Å². The highest BCUT2D eigenvalue weighted by Crippen LogP contribution is 2.27. The maximum atomic E-state index is 13.0. The highest BCUT2D eigenvalue weighted by atomic mass is 32.1. The molecule has 1 N–H and O–H groups in total. The molecule has 27 heavy (non-hydrogen) atoms. The molecule has 3 heterocycles. The van der Waals surface area contributed by atoms with Crippen molar-refractivity contribution < 1.29 is 19.1 Å². The van der Waals surface area contributed by atoms with Crippen molar-refractivity contribution in [3.05, 3.63) is 46.4 Å². The summed E-state index contributed by atoms with van der Waals surface area (Å²) in [6, 6.07) is 6.74. The van der Waals surface area contributed by atoms with Crippen LogP contribution in [-0.4, -0.2) is 60.7 Å². The van der Waals surface area contributed by atoms with Gasteiger partial charge in [0.25, 0.3) is 5.91 Å². The first-order valence-corrected chi connectivity index (χ1v) is 9.61. The molecule has 8 heteroatoms. The summed E-state index contributed by atoms with van der Waals surface area (Å²) in [7, 11) is 1.58. The number of carbonyl (C=O) groups is 2. The zero-order valence-electron chi connectivity index (χ0n) is 15.4. The van der Waals surface area contributed by atoms with Crippen LogP contribution < -0.4 is 10.1 Å². The average Bonchev–Trinajstić information content (AvgIpc) is 3.29. The van der Waals surface area contributed by atoms with Crippen LogP contribution in [0.25, 0.3) is 0 Å². The molecule has 0 bridgehead atoms. The lowest BCUT2D eigenvalue weighted by Gasteiger charge is -2.23. The Morgan fingerprint density at radius 1 is 1.37 bits per heavy atom. The van der Waals surface area contributed by atoms with Crippen LogP contribution in [0.5, 0.6) is 5.75 Å². The summed E-state index contributed by atoms with van der Waals surface area (Å²) < 4.78 is 10.9. The van der Waals surface area contributed by atoms with Crippen molar-refractivity contribution in [1.82, 2.24) is 15.2 Å². The molecular weight excluding hydrogens is 366 g/mol. The van der Waals surface area contributed by atoms with E-state index < -0.39 is 6.04 Å². The average molecular weight is 389 g/mol. The first kappa shape index (κ1) is 19.3. The number of carbonyl (C=O) groups excluding carboxylic acids is 2. The van der Waals surface area contributed by atoms with Gasteiger partial charge in [-0.2, -0.15) is 0 Å². The van der Waals surface area contributed by atoms with Gasteiger partial charge < -0.3 is 19.7 Å². The fourth-order valence-electron chi connectivity index (χ4n) is 3.05. The largest absolute Gasteiger partial charge is 0.487 e. The Kier molecular flexibility index (Phi) is 6.41. The Balaban J connectivity index is 1.74. The van der Waals surface area contributed by atoms with Gasteiger partial charge in [-0.3, -0.25) is 14.6 Å². The predicted molar refractivity (Wildman–Crippen MR) is 102 cm³/mol. The van der Waals surface area contributed by atoms with E-state index in [4.69, 9.17) is 9.47 Å². The van der Waals surface area contributed by atoms with Gasteiger partial charge in [0, 0.05) is 31.1 Å². The number of pyridine rings is 1. The molecule has 0 aromatic carbocycles. The molecule has 3 rings (SSSR count). The Bertz CT molecular complexity index is 780. The van der Waals surface area contributed by atoms with Crippen LogP contribution in [-0.2, 0) is 9.53 Å². The minimum atomic E-state index is -0.571. The molecule has 1 aliphatic heterocycles.